The maximum absolute atomic E-state index is 13.3. The Labute approximate surface area is 119 Å². The highest BCUT2D eigenvalue weighted by atomic mass is 19.2. The molecule has 0 aliphatic heterocycles. The van der Waals surface area contributed by atoms with Gasteiger partial charge in [0, 0.05) is 5.69 Å². The van der Waals surface area contributed by atoms with Crippen LogP contribution in [0.25, 0.3) is 0 Å². The van der Waals surface area contributed by atoms with Gasteiger partial charge in [-0.25, -0.2) is 17.6 Å². The van der Waals surface area contributed by atoms with Crippen LogP contribution in [0.3, 0.4) is 0 Å². The standard InChI is InChI=1S/C15H13F4NO/c1-8-2-10(16)6-11(3-8)20-14(7-21)9-4-12(17)15(19)13(18)5-9/h2-6,14,20-21H,7H2,1H3. The molecule has 2 aromatic carbocycles. The van der Waals surface area contributed by atoms with Crippen molar-refractivity contribution in [3.63, 3.8) is 0 Å². The van der Waals surface area contributed by atoms with Crippen molar-refractivity contribution >= 4 is 5.69 Å². The van der Waals surface area contributed by atoms with Gasteiger partial charge in [-0.3, -0.25) is 0 Å². The maximum atomic E-state index is 13.3. The molecule has 2 N–H and O–H groups in total. The molecule has 0 saturated heterocycles. The average Bonchev–Trinajstić information content (AvgIpc) is 2.40. The number of hydrogen-bond donors (Lipinski definition) is 2. The van der Waals surface area contributed by atoms with Crippen LogP contribution >= 0.6 is 0 Å². The van der Waals surface area contributed by atoms with Gasteiger partial charge in [0.25, 0.3) is 0 Å². The summed E-state index contributed by atoms with van der Waals surface area (Å²) in [5, 5.41) is 12.1. The number of rotatable bonds is 4. The zero-order chi connectivity index (χ0) is 15.6. The Morgan fingerprint density at radius 1 is 1.00 bits per heavy atom. The molecule has 0 amide bonds. The van der Waals surface area contributed by atoms with Gasteiger partial charge in [0.2, 0.25) is 0 Å². The lowest BCUT2D eigenvalue weighted by molar-refractivity contribution is 0.275. The van der Waals surface area contributed by atoms with Crippen LogP contribution in [0.5, 0.6) is 0 Å². The normalized spacial score (nSPS) is 12.3. The molecule has 2 aromatic rings. The van der Waals surface area contributed by atoms with Gasteiger partial charge in [-0.2, -0.15) is 0 Å². The first-order chi connectivity index (χ1) is 9.90. The summed E-state index contributed by atoms with van der Waals surface area (Å²) >= 11 is 0. The van der Waals surface area contributed by atoms with Crippen LogP contribution in [0, 0.1) is 30.2 Å². The van der Waals surface area contributed by atoms with Crippen molar-refractivity contribution in [2.75, 3.05) is 11.9 Å². The SMILES string of the molecule is Cc1cc(F)cc(NC(CO)c2cc(F)c(F)c(F)c2)c1. The Hall–Kier alpha value is -2.08. The average molecular weight is 299 g/mol. The molecule has 1 unspecified atom stereocenters. The van der Waals surface area contributed by atoms with Crippen LogP contribution in [0.2, 0.25) is 0 Å². The number of halogens is 4. The minimum atomic E-state index is -1.57. The largest absolute Gasteiger partial charge is 0.394 e. The van der Waals surface area contributed by atoms with Gasteiger partial charge in [0.1, 0.15) is 5.82 Å². The summed E-state index contributed by atoms with van der Waals surface area (Å²) in [4.78, 5) is 0. The summed E-state index contributed by atoms with van der Waals surface area (Å²) < 4.78 is 52.7. The summed E-state index contributed by atoms with van der Waals surface area (Å²) in [6.07, 6.45) is 0. The van der Waals surface area contributed by atoms with Crippen molar-refractivity contribution in [1.82, 2.24) is 0 Å². The molecule has 0 heterocycles. The van der Waals surface area contributed by atoms with E-state index in [0.717, 1.165) is 12.1 Å². The topological polar surface area (TPSA) is 32.3 Å². The first-order valence-corrected chi connectivity index (χ1v) is 6.19. The number of aryl methyl sites for hydroxylation is 1. The summed E-state index contributed by atoms with van der Waals surface area (Å²) in [7, 11) is 0. The van der Waals surface area contributed by atoms with Crippen LogP contribution in [0.4, 0.5) is 23.2 Å². The highest BCUT2D eigenvalue weighted by molar-refractivity contribution is 5.48. The Morgan fingerprint density at radius 3 is 2.14 bits per heavy atom. The first-order valence-electron chi connectivity index (χ1n) is 6.19. The monoisotopic (exact) mass is 299 g/mol. The van der Waals surface area contributed by atoms with E-state index in [0.29, 0.717) is 11.3 Å². The summed E-state index contributed by atoms with van der Waals surface area (Å²) in [5.74, 6) is -4.75. The smallest absolute Gasteiger partial charge is 0.194 e. The minimum absolute atomic E-state index is 0.0239. The van der Waals surface area contributed by atoms with Crippen LogP contribution in [0.15, 0.2) is 30.3 Å². The van der Waals surface area contributed by atoms with Gasteiger partial charge >= 0.3 is 0 Å². The summed E-state index contributed by atoms with van der Waals surface area (Å²) in [5.41, 5.74) is 1.01. The summed E-state index contributed by atoms with van der Waals surface area (Å²) in [6.45, 7) is 1.18. The lowest BCUT2D eigenvalue weighted by Gasteiger charge is -2.19. The molecular formula is C15H13F4NO. The molecule has 0 aliphatic rings. The molecule has 0 fully saturated rings. The number of aliphatic hydroxyl groups is 1. The van der Waals surface area contributed by atoms with Crippen molar-refractivity contribution in [1.29, 1.82) is 0 Å². The van der Waals surface area contributed by atoms with E-state index in [-0.39, 0.29) is 5.56 Å². The van der Waals surface area contributed by atoms with Gasteiger partial charge in [-0.1, -0.05) is 0 Å². The predicted molar refractivity (Wildman–Crippen MR) is 70.9 cm³/mol. The fraction of sp³-hybridized carbons (Fsp3) is 0.200. The molecule has 21 heavy (non-hydrogen) atoms. The Morgan fingerprint density at radius 2 is 1.62 bits per heavy atom. The second-order valence-electron chi connectivity index (χ2n) is 4.70. The van der Waals surface area contributed by atoms with Crippen molar-refractivity contribution in [3.05, 3.63) is 64.7 Å². The molecule has 2 nitrogen and oxygen atoms in total. The minimum Gasteiger partial charge on any atom is -0.394 e. The van der Waals surface area contributed by atoms with Crippen LogP contribution in [0.1, 0.15) is 17.2 Å². The van der Waals surface area contributed by atoms with Crippen LogP contribution < -0.4 is 5.32 Å². The van der Waals surface area contributed by atoms with Gasteiger partial charge in [0.05, 0.1) is 12.6 Å². The zero-order valence-corrected chi connectivity index (χ0v) is 11.1. The van der Waals surface area contributed by atoms with E-state index in [1.807, 2.05) is 0 Å². The maximum Gasteiger partial charge on any atom is 0.194 e. The molecule has 1 atom stereocenters. The van der Waals surface area contributed by atoms with Crippen molar-refractivity contribution in [3.8, 4) is 0 Å². The van der Waals surface area contributed by atoms with Crippen LogP contribution in [-0.2, 0) is 0 Å². The zero-order valence-electron chi connectivity index (χ0n) is 11.1. The molecule has 0 bridgehead atoms. The van der Waals surface area contributed by atoms with Gasteiger partial charge < -0.3 is 10.4 Å². The molecule has 112 valence electrons. The molecule has 0 aromatic heterocycles. The van der Waals surface area contributed by atoms with E-state index >= 15 is 0 Å². The molecule has 6 heteroatoms. The van der Waals surface area contributed by atoms with Gasteiger partial charge in [-0.05, 0) is 48.4 Å². The van der Waals surface area contributed by atoms with E-state index < -0.39 is 35.9 Å². The molecule has 0 saturated carbocycles. The third-order valence-electron chi connectivity index (χ3n) is 2.97. The second-order valence-corrected chi connectivity index (χ2v) is 4.70. The fourth-order valence-electron chi connectivity index (χ4n) is 2.03. The van der Waals surface area contributed by atoms with Crippen molar-refractivity contribution < 1.29 is 22.7 Å². The highest BCUT2D eigenvalue weighted by Crippen LogP contribution is 2.24. The number of hydrogen-bond acceptors (Lipinski definition) is 2. The van der Waals surface area contributed by atoms with Crippen molar-refractivity contribution in [2.45, 2.75) is 13.0 Å². The molecule has 2 rings (SSSR count). The molecular weight excluding hydrogens is 286 g/mol. The Bertz CT molecular complexity index is 617. The number of benzene rings is 2. The van der Waals surface area contributed by atoms with Gasteiger partial charge in [0.15, 0.2) is 17.5 Å². The van der Waals surface area contributed by atoms with E-state index in [1.54, 1.807) is 13.0 Å². The van der Waals surface area contributed by atoms with E-state index in [2.05, 4.69) is 5.32 Å². The number of nitrogens with one attached hydrogen (secondary N) is 1. The highest BCUT2D eigenvalue weighted by Gasteiger charge is 2.17. The summed E-state index contributed by atoms with van der Waals surface area (Å²) in [6, 6.07) is 4.80. The Kier molecular flexibility index (Phi) is 4.47. The first kappa shape index (κ1) is 15.3. The second kappa shape index (κ2) is 6.13. The van der Waals surface area contributed by atoms with Gasteiger partial charge in [-0.15, -0.1) is 0 Å². The van der Waals surface area contributed by atoms with Crippen molar-refractivity contribution in [2.24, 2.45) is 0 Å². The quantitative estimate of drug-likeness (QED) is 0.666. The lowest BCUT2D eigenvalue weighted by atomic mass is 10.1. The van der Waals surface area contributed by atoms with E-state index in [1.165, 1.54) is 12.1 Å². The predicted octanol–water partition coefficient (Wildman–Crippen LogP) is 3.70. The lowest BCUT2D eigenvalue weighted by Crippen LogP contribution is -2.16. The number of anilines is 1. The van der Waals surface area contributed by atoms with Crippen LogP contribution in [-0.4, -0.2) is 11.7 Å². The molecule has 0 aliphatic carbocycles. The van der Waals surface area contributed by atoms with E-state index in [4.69, 9.17) is 0 Å². The number of aliphatic hydroxyl groups excluding tert-OH is 1. The third-order valence-corrected chi connectivity index (χ3v) is 2.97. The third kappa shape index (κ3) is 3.52. The molecule has 0 radical (unpaired) electrons. The molecule has 0 spiro atoms. The fourth-order valence-corrected chi connectivity index (χ4v) is 2.03. The van der Waals surface area contributed by atoms with E-state index in [9.17, 15) is 22.7 Å². The Balaban J connectivity index is 2.31.